The van der Waals surface area contributed by atoms with Gasteiger partial charge in [0.2, 0.25) is 0 Å². The minimum absolute atomic E-state index is 0.0992. The molecule has 0 aliphatic rings. The monoisotopic (exact) mass is 274 g/mol. The maximum absolute atomic E-state index is 12.5. The molecule has 0 radical (unpaired) electrons. The zero-order chi connectivity index (χ0) is 13.7. The lowest BCUT2D eigenvalue weighted by atomic mass is 10.1. The fourth-order valence-electron chi connectivity index (χ4n) is 1.35. The number of aromatic nitrogens is 1. The molecule has 1 aromatic rings. The van der Waals surface area contributed by atoms with E-state index in [1.165, 1.54) is 0 Å². The summed E-state index contributed by atoms with van der Waals surface area (Å²) in [5.74, 6) is -0.983. The molecule has 1 heterocycles. The number of nitriles is 1. The molecule has 0 N–H and O–H groups in total. The van der Waals surface area contributed by atoms with E-state index in [1.807, 2.05) is 0 Å². The van der Waals surface area contributed by atoms with Crippen LogP contribution in [-0.2, 0) is 10.6 Å². The third kappa shape index (κ3) is 2.93. The van der Waals surface area contributed by atoms with Gasteiger partial charge in [-0.15, -0.1) is 11.6 Å². The summed E-state index contributed by atoms with van der Waals surface area (Å²) in [4.78, 5) is 15.1. The van der Waals surface area contributed by atoms with Crippen molar-refractivity contribution >= 4 is 17.6 Å². The molecule has 0 saturated carbocycles. The molecule has 0 fully saturated rings. The van der Waals surface area contributed by atoms with Crippen LogP contribution in [0.25, 0.3) is 0 Å². The molecule has 0 bridgehead atoms. The number of pyridine rings is 1. The number of hydrogen-bond acceptors (Lipinski definition) is 4. The minimum atomic E-state index is -2.84. The molecule has 18 heavy (non-hydrogen) atoms. The van der Waals surface area contributed by atoms with Gasteiger partial charge in [-0.05, 0) is 18.6 Å². The molecule has 0 aliphatic heterocycles. The maximum Gasteiger partial charge on any atom is 0.341 e. The number of carbonyl (C=O) groups is 1. The van der Waals surface area contributed by atoms with Crippen molar-refractivity contribution in [2.75, 3.05) is 6.61 Å². The first-order chi connectivity index (χ1) is 8.54. The molecule has 1 rings (SSSR count). The van der Waals surface area contributed by atoms with Crippen molar-refractivity contribution in [3.63, 3.8) is 0 Å². The third-order valence-electron chi connectivity index (χ3n) is 2.07. The van der Waals surface area contributed by atoms with Crippen LogP contribution in [0.15, 0.2) is 6.07 Å². The van der Waals surface area contributed by atoms with Crippen molar-refractivity contribution in [2.45, 2.75) is 19.2 Å². The minimum Gasteiger partial charge on any atom is -0.462 e. The van der Waals surface area contributed by atoms with Crippen LogP contribution in [0.2, 0.25) is 0 Å². The summed E-state index contributed by atoms with van der Waals surface area (Å²) in [7, 11) is 0. The Morgan fingerprint density at radius 2 is 2.33 bits per heavy atom. The van der Waals surface area contributed by atoms with Crippen LogP contribution < -0.4 is 0 Å². The van der Waals surface area contributed by atoms with Gasteiger partial charge < -0.3 is 4.74 Å². The van der Waals surface area contributed by atoms with Gasteiger partial charge in [0.05, 0.1) is 6.61 Å². The fraction of sp³-hybridized carbons (Fsp3) is 0.364. The van der Waals surface area contributed by atoms with Gasteiger partial charge in [0.1, 0.15) is 17.3 Å². The lowest BCUT2D eigenvalue weighted by molar-refractivity contribution is 0.0524. The predicted molar refractivity (Wildman–Crippen MR) is 59.4 cm³/mol. The van der Waals surface area contributed by atoms with Gasteiger partial charge in [0.15, 0.2) is 5.69 Å². The summed E-state index contributed by atoms with van der Waals surface area (Å²) in [5, 5.41) is 8.85. The van der Waals surface area contributed by atoms with Gasteiger partial charge in [-0.2, -0.15) is 5.26 Å². The molecule has 0 atom stereocenters. The van der Waals surface area contributed by atoms with Crippen LogP contribution in [0, 0.1) is 11.3 Å². The Morgan fingerprint density at radius 3 is 2.78 bits per heavy atom. The number of rotatable bonds is 4. The van der Waals surface area contributed by atoms with E-state index in [-0.39, 0.29) is 23.6 Å². The lowest BCUT2D eigenvalue weighted by Crippen LogP contribution is -2.13. The van der Waals surface area contributed by atoms with E-state index in [9.17, 15) is 13.6 Å². The molecular formula is C11H9ClF2N2O2. The average Bonchev–Trinajstić information content (AvgIpc) is 2.36. The number of alkyl halides is 3. The van der Waals surface area contributed by atoms with Crippen molar-refractivity contribution in [3.05, 3.63) is 28.6 Å². The van der Waals surface area contributed by atoms with E-state index in [0.29, 0.717) is 0 Å². The zero-order valence-electron chi connectivity index (χ0n) is 9.41. The highest BCUT2D eigenvalue weighted by Gasteiger charge is 2.22. The highest BCUT2D eigenvalue weighted by Crippen LogP contribution is 2.23. The first-order valence-electron chi connectivity index (χ1n) is 5.00. The highest BCUT2D eigenvalue weighted by atomic mass is 35.5. The van der Waals surface area contributed by atoms with Crippen molar-refractivity contribution in [1.82, 2.24) is 4.98 Å². The zero-order valence-corrected chi connectivity index (χ0v) is 10.2. The predicted octanol–water partition coefficient (Wildman–Crippen LogP) is 2.81. The second-order valence-corrected chi connectivity index (χ2v) is 3.46. The van der Waals surface area contributed by atoms with Gasteiger partial charge in [-0.3, -0.25) is 0 Å². The van der Waals surface area contributed by atoms with Gasteiger partial charge in [0.25, 0.3) is 6.43 Å². The van der Waals surface area contributed by atoms with Gasteiger partial charge >= 0.3 is 5.97 Å². The van der Waals surface area contributed by atoms with Crippen LogP contribution in [-0.4, -0.2) is 17.6 Å². The highest BCUT2D eigenvalue weighted by molar-refractivity contribution is 6.17. The molecule has 7 heteroatoms. The number of hydrogen-bond donors (Lipinski definition) is 0. The quantitative estimate of drug-likeness (QED) is 0.625. The molecule has 0 aromatic carbocycles. The number of carbonyl (C=O) groups excluding carboxylic acids is 1. The summed E-state index contributed by atoms with van der Waals surface area (Å²) < 4.78 is 29.8. The first kappa shape index (κ1) is 14.3. The summed E-state index contributed by atoms with van der Waals surface area (Å²) >= 11 is 5.59. The molecule has 0 unspecified atom stereocenters. The molecule has 0 amide bonds. The van der Waals surface area contributed by atoms with Crippen LogP contribution in [0.5, 0.6) is 0 Å². The Balaban J connectivity index is 3.40. The Morgan fingerprint density at radius 1 is 1.67 bits per heavy atom. The van der Waals surface area contributed by atoms with E-state index < -0.39 is 23.8 Å². The van der Waals surface area contributed by atoms with E-state index in [2.05, 4.69) is 4.98 Å². The molecule has 0 aliphatic carbocycles. The van der Waals surface area contributed by atoms with E-state index >= 15 is 0 Å². The molecule has 1 aromatic heterocycles. The van der Waals surface area contributed by atoms with Crippen LogP contribution in [0.4, 0.5) is 8.78 Å². The van der Waals surface area contributed by atoms with Crippen molar-refractivity contribution in [2.24, 2.45) is 0 Å². The second-order valence-electron chi connectivity index (χ2n) is 3.20. The van der Waals surface area contributed by atoms with Gasteiger partial charge in [-0.25, -0.2) is 18.6 Å². The van der Waals surface area contributed by atoms with E-state index in [1.54, 1.807) is 13.0 Å². The van der Waals surface area contributed by atoms with Crippen LogP contribution in [0.3, 0.4) is 0 Å². The third-order valence-corrected chi connectivity index (χ3v) is 2.36. The second kappa shape index (κ2) is 6.26. The summed E-state index contributed by atoms with van der Waals surface area (Å²) in [6.07, 6.45) is -2.84. The van der Waals surface area contributed by atoms with Crippen molar-refractivity contribution < 1.29 is 18.3 Å². The van der Waals surface area contributed by atoms with E-state index in [4.69, 9.17) is 21.6 Å². The number of ether oxygens (including phenoxy) is 1. The SMILES string of the molecule is CCOC(=O)c1c(CCl)cc(C(F)F)nc1C#N. The Kier molecular flexibility index (Phi) is 4.98. The number of halogens is 3. The smallest absolute Gasteiger partial charge is 0.341 e. The fourth-order valence-corrected chi connectivity index (χ4v) is 1.56. The van der Waals surface area contributed by atoms with Crippen molar-refractivity contribution in [1.29, 1.82) is 5.26 Å². The number of esters is 1. The molecule has 4 nitrogen and oxygen atoms in total. The summed E-state index contributed by atoms with van der Waals surface area (Å²) in [6, 6.07) is 2.61. The lowest BCUT2D eigenvalue weighted by Gasteiger charge is -2.10. The largest absolute Gasteiger partial charge is 0.462 e. The molecule has 0 saturated heterocycles. The van der Waals surface area contributed by atoms with Crippen molar-refractivity contribution in [3.8, 4) is 6.07 Å². The Bertz CT molecular complexity index is 501. The van der Waals surface area contributed by atoms with Crippen LogP contribution in [0.1, 0.15) is 40.7 Å². The topological polar surface area (TPSA) is 63.0 Å². The normalized spacial score (nSPS) is 10.2. The molecule has 0 spiro atoms. The van der Waals surface area contributed by atoms with E-state index in [0.717, 1.165) is 6.07 Å². The molecule has 96 valence electrons. The Hall–Kier alpha value is -1.74. The Labute approximate surface area is 107 Å². The average molecular weight is 275 g/mol. The summed E-state index contributed by atoms with van der Waals surface area (Å²) in [5.41, 5.74) is -1.03. The number of nitrogens with zero attached hydrogens (tertiary/aromatic N) is 2. The van der Waals surface area contributed by atoms with Gasteiger partial charge in [0, 0.05) is 5.88 Å². The van der Waals surface area contributed by atoms with Gasteiger partial charge in [-0.1, -0.05) is 0 Å². The first-order valence-corrected chi connectivity index (χ1v) is 5.53. The summed E-state index contributed by atoms with van der Waals surface area (Å²) in [6.45, 7) is 1.69. The molecular weight excluding hydrogens is 266 g/mol. The standard InChI is InChI=1S/C11H9ClF2N2O2/c1-2-18-11(17)9-6(4-12)3-7(10(13)14)16-8(9)5-15/h3,10H,2,4H2,1H3. The van der Waals surface area contributed by atoms with Crippen LogP contribution >= 0.6 is 11.6 Å². The maximum atomic E-state index is 12.5.